The van der Waals surface area contributed by atoms with E-state index in [0.717, 1.165) is 19.4 Å². The number of aliphatic carboxylic acids is 1. The number of carbonyl (C=O) groups is 2. The molecule has 118 valence electrons. The average molecular weight is 301 g/mol. The Morgan fingerprint density at radius 2 is 1.77 bits per heavy atom. The van der Waals surface area contributed by atoms with Gasteiger partial charge in [-0.3, -0.25) is 9.59 Å². The number of hydrogen-bond donors (Lipinski definition) is 1. The highest BCUT2D eigenvalue weighted by molar-refractivity contribution is 5.81. The third kappa shape index (κ3) is 2.74. The van der Waals surface area contributed by atoms with Crippen LogP contribution in [0.1, 0.15) is 44.1 Å². The summed E-state index contributed by atoms with van der Waals surface area (Å²) in [6, 6.07) is 10.5. The second-order valence-corrected chi connectivity index (χ2v) is 6.62. The van der Waals surface area contributed by atoms with Gasteiger partial charge in [0.2, 0.25) is 5.91 Å². The van der Waals surface area contributed by atoms with Crippen LogP contribution < -0.4 is 0 Å². The van der Waals surface area contributed by atoms with E-state index >= 15 is 0 Å². The first-order valence-electron chi connectivity index (χ1n) is 8.16. The van der Waals surface area contributed by atoms with Crippen molar-refractivity contribution in [1.82, 2.24) is 4.90 Å². The lowest BCUT2D eigenvalue weighted by Crippen LogP contribution is -2.39. The molecule has 2 unspecified atom stereocenters. The molecular weight excluding hydrogens is 278 g/mol. The minimum Gasteiger partial charge on any atom is -0.481 e. The predicted octanol–water partition coefficient (Wildman–Crippen LogP) is 2.89. The molecular formula is C18H23NO3. The second kappa shape index (κ2) is 6.11. The minimum absolute atomic E-state index is 0.0990. The van der Waals surface area contributed by atoms with Crippen molar-refractivity contribution >= 4 is 11.9 Å². The molecule has 1 aromatic carbocycles. The maximum Gasteiger partial charge on any atom is 0.306 e. The Hall–Kier alpha value is -1.84. The molecule has 2 aliphatic rings. The van der Waals surface area contributed by atoms with E-state index in [9.17, 15) is 9.59 Å². The van der Waals surface area contributed by atoms with Crippen LogP contribution in [0.15, 0.2) is 30.3 Å². The van der Waals surface area contributed by atoms with E-state index in [0.29, 0.717) is 18.8 Å². The van der Waals surface area contributed by atoms with Crippen molar-refractivity contribution in [1.29, 1.82) is 0 Å². The van der Waals surface area contributed by atoms with Crippen LogP contribution in [0.25, 0.3) is 0 Å². The average Bonchev–Trinajstić information content (AvgIpc) is 3.14. The van der Waals surface area contributed by atoms with Gasteiger partial charge in [0.1, 0.15) is 0 Å². The van der Waals surface area contributed by atoms with E-state index in [1.807, 2.05) is 23.1 Å². The zero-order valence-electron chi connectivity index (χ0n) is 12.9. The summed E-state index contributed by atoms with van der Waals surface area (Å²) in [5, 5.41) is 9.10. The molecule has 1 N–H and O–H groups in total. The molecule has 1 aromatic rings. The Labute approximate surface area is 131 Å². The van der Waals surface area contributed by atoms with Crippen molar-refractivity contribution < 1.29 is 14.7 Å². The van der Waals surface area contributed by atoms with Crippen molar-refractivity contribution in [2.24, 2.45) is 11.8 Å². The molecule has 1 amide bonds. The van der Waals surface area contributed by atoms with Gasteiger partial charge in [0, 0.05) is 24.4 Å². The summed E-state index contributed by atoms with van der Waals surface area (Å²) in [7, 11) is 0. The fourth-order valence-electron chi connectivity index (χ4n) is 4.06. The Bertz CT molecular complexity index is 557. The van der Waals surface area contributed by atoms with Gasteiger partial charge in [-0.1, -0.05) is 30.3 Å². The van der Waals surface area contributed by atoms with Gasteiger partial charge >= 0.3 is 5.97 Å². The van der Waals surface area contributed by atoms with Crippen molar-refractivity contribution in [3.8, 4) is 0 Å². The van der Waals surface area contributed by atoms with E-state index < -0.39 is 5.97 Å². The van der Waals surface area contributed by atoms with Gasteiger partial charge in [-0.2, -0.15) is 0 Å². The Kier molecular flexibility index (Phi) is 4.19. The molecule has 1 aliphatic heterocycles. The molecule has 1 heterocycles. The molecule has 1 aliphatic carbocycles. The molecule has 22 heavy (non-hydrogen) atoms. The molecule has 2 fully saturated rings. The van der Waals surface area contributed by atoms with E-state index in [1.54, 1.807) is 0 Å². The fourth-order valence-corrected chi connectivity index (χ4v) is 4.06. The molecule has 4 heteroatoms. The van der Waals surface area contributed by atoms with Crippen molar-refractivity contribution in [2.45, 2.75) is 44.6 Å². The minimum atomic E-state index is -0.757. The smallest absolute Gasteiger partial charge is 0.306 e. The maximum atomic E-state index is 12.7. The lowest BCUT2D eigenvalue weighted by molar-refractivity contribution is -0.141. The van der Waals surface area contributed by atoms with Crippen LogP contribution in [0.2, 0.25) is 0 Å². The maximum absolute atomic E-state index is 12.7. The molecule has 4 atom stereocenters. The first kappa shape index (κ1) is 15.1. The summed E-state index contributed by atoms with van der Waals surface area (Å²) in [6.07, 6.45) is 2.85. The largest absolute Gasteiger partial charge is 0.481 e. The summed E-state index contributed by atoms with van der Waals surface area (Å²) < 4.78 is 0. The van der Waals surface area contributed by atoms with Gasteiger partial charge in [-0.05, 0) is 38.2 Å². The molecule has 4 nitrogen and oxygen atoms in total. The standard InChI is InChI=1S/C18H23NO3/c1-12-16(13-5-3-2-4-6-13)9-10-19(12)17(20)14-7-8-15(11-14)18(21)22/h2-6,12,14-16H,7-11H2,1H3,(H,21,22)/t12?,14-,15+,16?/m1/s1. The SMILES string of the molecule is CC1C(c2ccccc2)CCN1C(=O)[C@@H]1CC[C@H](C(=O)O)C1. The Balaban J connectivity index is 1.66. The summed E-state index contributed by atoms with van der Waals surface area (Å²) in [5.41, 5.74) is 1.29. The second-order valence-electron chi connectivity index (χ2n) is 6.62. The number of likely N-dealkylation sites (tertiary alicyclic amines) is 1. The first-order valence-corrected chi connectivity index (χ1v) is 8.16. The third-order valence-corrected chi connectivity index (χ3v) is 5.40. The van der Waals surface area contributed by atoms with Crippen molar-refractivity contribution in [3.05, 3.63) is 35.9 Å². The fraction of sp³-hybridized carbons (Fsp3) is 0.556. The molecule has 1 saturated heterocycles. The molecule has 0 spiro atoms. The van der Waals surface area contributed by atoms with Crippen LogP contribution in [0.4, 0.5) is 0 Å². The van der Waals surface area contributed by atoms with Crippen molar-refractivity contribution in [2.75, 3.05) is 6.54 Å². The van der Waals surface area contributed by atoms with Gasteiger partial charge in [0.25, 0.3) is 0 Å². The third-order valence-electron chi connectivity index (χ3n) is 5.40. The predicted molar refractivity (Wildman–Crippen MR) is 83.4 cm³/mol. The van der Waals surface area contributed by atoms with Crippen LogP contribution in [-0.4, -0.2) is 34.5 Å². The van der Waals surface area contributed by atoms with Crippen LogP contribution in [0.5, 0.6) is 0 Å². The summed E-state index contributed by atoms with van der Waals surface area (Å²) >= 11 is 0. The number of carboxylic acids is 1. The van der Waals surface area contributed by atoms with Crippen LogP contribution >= 0.6 is 0 Å². The number of hydrogen-bond acceptors (Lipinski definition) is 2. The number of carbonyl (C=O) groups excluding carboxylic acids is 1. The zero-order chi connectivity index (χ0) is 15.7. The van der Waals surface area contributed by atoms with Crippen molar-refractivity contribution in [3.63, 3.8) is 0 Å². The lowest BCUT2D eigenvalue weighted by atomic mass is 9.92. The molecule has 3 rings (SSSR count). The van der Waals surface area contributed by atoms with Gasteiger partial charge in [-0.15, -0.1) is 0 Å². The Morgan fingerprint density at radius 3 is 2.41 bits per heavy atom. The molecule has 1 saturated carbocycles. The van der Waals surface area contributed by atoms with Gasteiger partial charge in [0.05, 0.1) is 5.92 Å². The lowest BCUT2D eigenvalue weighted by Gasteiger charge is -2.27. The summed E-state index contributed by atoms with van der Waals surface area (Å²) in [6.45, 7) is 2.90. The molecule has 0 aromatic heterocycles. The van der Waals surface area contributed by atoms with Crippen LogP contribution in [0, 0.1) is 11.8 Å². The summed E-state index contributed by atoms with van der Waals surface area (Å²) in [5.74, 6) is -0.640. The van der Waals surface area contributed by atoms with Gasteiger partial charge < -0.3 is 10.0 Å². The molecule has 0 bridgehead atoms. The Morgan fingerprint density at radius 1 is 1.09 bits per heavy atom. The van der Waals surface area contributed by atoms with E-state index in [4.69, 9.17) is 5.11 Å². The first-order chi connectivity index (χ1) is 10.6. The topological polar surface area (TPSA) is 57.6 Å². The molecule has 0 radical (unpaired) electrons. The van der Waals surface area contributed by atoms with E-state index in [2.05, 4.69) is 19.1 Å². The van der Waals surface area contributed by atoms with Gasteiger partial charge in [-0.25, -0.2) is 0 Å². The highest BCUT2D eigenvalue weighted by Crippen LogP contribution is 2.38. The quantitative estimate of drug-likeness (QED) is 0.934. The van der Waals surface area contributed by atoms with Crippen LogP contribution in [-0.2, 0) is 9.59 Å². The highest BCUT2D eigenvalue weighted by atomic mass is 16.4. The number of rotatable bonds is 3. The normalized spacial score (nSPS) is 31.4. The number of benzene rings is 1. The summed E-state index contributed by atoms with van der Waals surface area (Å²) in [4.78, 5) is 25.8. The highest BCUT2D eigenvalue weighted by Gasteiger charge is 2.41. The number of amides is 1. The van der Waals surface area contributed by atoms with Crippen LogP contribution in [0.3, 0.4) is 0 Å². The van der Waals surface area contributed by atoms with E-state index in [1.165, 1.54) is 5.56 Å². The van der Waals surface area contributed by atoms with E-state index in [-0.39, 0.29) is 23.8 Å². The van der Waals surface area contributed by atoms with Gasteiger partial charge in [0.15, 0.2) is 0 Å². The number of carboxylic acid groups (broad SMARTS) is 1. The monoisotopic (exact) mass is 301 g/mol. The zero-order valence-corrected chi connectivity index (χ0v) is 12.9. The number of nitrogens with zero attached hydrogens (tertiary/aromatic N) is 1.